The second-order valence-electron chi connectivity index (χ2n) is 6.04. The maximum Gasteiger partial charge on any atom is 0.104 e. The molecule has 4 rings (SSSR count). The Hall–Kier alpha value is -1.19. The van der Waals surface area contributed by atoms with Gasteiger partial charge in [0.1, 0.15) is 5.01 Å². The number of nitrogens with zero attached hydrogens (tertiary/aromatic N) is 1. The average molecular weight is 285 g/mol. The van der Waals surface area contributed by atoms with Crippen molar-refractivity contribution in [2.24, 2.45) is 0 Å². The third-order valence-corrected chi connectivity index (χ3v) is 6.27. The van der Waals surface area contributed by atoms with Crippen molar-refractivity contribution in [3.8, 4) is 0 Å². The maximum absolute atomic E-state index is 10.2. The van der Waals surface area contributed by atoms with Crippen LogP contribution in [0.4, 0.5) is 0 Å². The molecule has 20 heavy (non-hydrogen) atoms. The van der Waals surface area contributed by atoms with Crippen molar-refractivity contribution >= 4 is 11.3 Å². The molecule has 0 aliphatic heterocycles. The molecule has 1 fully saturated rings. The highest BCUT2D eigenvalue weighted by Crippen LogP contribution is 2.51. The first-order valence-corrected chi connectivity index (χ1v) is 8.35. The molecule has 1 N–H and O–H groups in total. The Morgan fingerprint density at radius 3 is 2.60 bits per heavy atom. The van der Waals surface area contributed by atoms with Gasteiger partial charge in [-0.25, -0.2) is 4.98 Å². The van der Waals surface area contributed by atoms with Gasteiger partial charge >= 0.3 is 0 Å². The molecule has 0 radical (unpaired) electrons. The number of benzene rings is 1. The van der Waals surface area contributed by atoms with Gasteiger partial charge in [0.25, 0.3) is 0 Å². The largest absolute Gasteiger partial charge is 0.388 e. The lowest BCUT2D eigenvalue weighted by Gasteiger charge is -2.40. The van der Waals surface area contributed by atoms with Crippen LogP contribution in [0, 0.1) is 0 Å². The number of rotatable bonds is 2. The Morgan fingerprint density at radius 2 is 1.95 bits per heavy atom. The van der Waals surface area contributed by atoms with E-state index in [-0.39, 0.29) is 11.5 Å². The van der Waals surface area contributed by atoms with E-state index in [0.717, 1.165) is 29.8 Å². The summed E-state index contributed by atoms with van der Waals surface area (Å²) in [6, 6.07) is 10.8. The summed E-state index contributed by atoms with van der Waals surface area (Å²) >= 11 is 1.76. The van der Waals surface area contributed by atoms with Crippen LogP contribution in [-0.2, 0) is 11.8 Å². The number of hydrogen-bond acceptors (Lipinski definition) is 3. The predicted octanol–water partition coefficient (Wildman–Crippen LogP) is 3.98. The average Bonchev–Trinajstić information content (AvgIpc) is 2.84. The molecule has 2 aromatic rings. The number of thiazole rings is 1. The Morgan fingerprint density at radius 1 is 1.15 bits per heavy atom. The van der Waals surface area contributed by atoms with Gasteiger partial charge in [-0.15, -0.1) is 11.3 Å². The highest BCUT2D eigenvalue weighted by Gasteiger charge is 2.43. The number of aromatic nitrogens is 1. The van der Waals surface area contributed by atoms with Crippen LogP contribution in [0.15, 0.2) is 30.3 Å². The molecule has 2 nitrogen and oxygen atoms in total. The molecule has 1 heterocycles. The third-order valence-electron chi connectivity index (χ3n) is 4.86. The van der Waals surface area contributed by atoms with Gasteiger partial charge in [-0.1, -0.05) is 36.8 Å². The monoisotopic (exact) mass is 285 g/mol. The quantitative estimate of drug-likeness (QED) is 0.905. The Labute approximate surface area is 123 Å². The van der Waals surface area contributed by atoms with Gasteiger partial charge in [-0.2, -0.15) is 0 Å². The first-order valence-electron chi connectivity index (χ1n) is 7.53. The van der Waals surface area contributed by atoms with Crippen molar-refractivity contribution in [2.75, 3.05) is 0 Å². The third kappa shape index (κ3) is 1.76. The zero-order valence-electron chi connectivity index (χ0n) is 11.5. The molecule has 0 bridgehead atoms. The number of aliphatic hydroxyl groups excluding tert-OH is 1. The summed E-state index contributed by atoms with van der Waals surface area (Å²) in [6.07, 6.45) is 6.38. The summed E-state index contributed by atoms with van der Waals surface area (Å²) in [6.45, 7) is 0. The lowest BCUT2D eigenvalue weighted by molar-refractivity contribution is 0.160. The second-order valence-corrected chi connectivity index (χ2v) is 7.07. The SMILES string of the molecule is OC1CCCc2nc(C3(c4ccccc4)CCC3)sc21. The summed E-state index contributed by atoms with van der Waals surface area (Å²) in [5.41, 5.74) is 2.68. The lowest BCUT2D eigenvalue weighted by atomic mass is 9.65. The minimum atomic E-state index is -0.280. The maximum atomic E-state index is 10.2. The van der Waals surface area contributed by atoms with E-state index in [1.807, 2.05) is 0 Å². The minimum absolute atomic E-state index is 0.128. The second kappa shape index (κ2) is 4.68. The molecule has 0 saturated heterocycles. The highest BCUT2D eigenvalue weighted by atomic mass is 32.1. The fourth-order valence-electron chi connectivity index (χ4n) is 3.52. The van der Waals surface area contributed by atoms with Gasteiger partial charge in [0, 0.05) is 5.41 Å². The number of aliphatic hydroxyl groups is 1. The van der Waals surface area contributed by atoms with Crippen LogP contribution < -0.4 is 0 Å². The fraction of sp³-hybridized carbons (Fsp3) is 0.471. The van der Waals surface area contributed by atoms with E-state index >= 15 is 0 Å². The van der Waals surface area contributed by atoms with Gasteiger partial charge < -0.3 is 5.11 Å². The van der Waals surface area contributed by atoms with Gasteiger partial charge in [-0.05, 0) is 37.7 Å². The summed E-state index contributed by atoms with van der Waals surface area (Å²) in [4.78, 5) is 6.06. The molecule has 1 saturated carbocycles. The predicted molar refractivity (Wildman–Crippen MR) is 81.1 cm³/mol. The first kappa shape index (κ1) is 12.5. The van der Waals surface area contributed by atoms with E-state index in [9.17, 15) is 5.11 Å². The number of hydrogen-bond donors (Lipinski definition) is 1. The van der Waals surface area contributed by atoms with E-state index in [1.165, 1.54) is 29.8 Å². The van der Waals surface area contributed by atoms with Gasteiger partial charge in [0.05, 0.1) is 16.7 Å². The van der Waals surface area contributed by atoms with Crippen LogP contribution in [0.2, 0.25) is 0 Å². The zero-order valence-corrected chi connectivity index (χ0v) is 12.3. The van der Waals surface area contributed by atoms with Crippen LogP contribution in [0.25, 0.3) is 0 Å². The van der Waals surface area contributed by atoms with E-state index in [2.05, 4.69) is 30.3 Å². The normalized spacial score (nSPS) is 23.9. The Kier molecular flexibility index (Phi) is 2.93. The van der Waals surface area contributed by atoms with Crippen molar-refractivity contribution < 1.29 is 5.11 Å². The zero-order chi connectivity index (χ0) is 13.6. The van der Waals surface area contributed by atoms with E-state index in [1.54, 1.807) is 11.3 Å². The molecular formula is C17H19NOS. The standard InChI is InChI=1S/C17H19NOS/c19-14-9-4-8-13-15(14)20-16(18-13)17(10-5-11-17)12-6-2-1-3-7-12/h1-3,6-7,14,19H,4-5,8-11H2. The van der Waals surface area contributed by atoms with Crippen LogP contribution in [0.1, 0.15) is 59.4 Å². The van der Waals surface area contributed by atoms with Crippen molar-refractivity contribution in [3.63, 3.8) is 0 Å². The van der Waals surface area contributed by atoms with Crippen LogP contribution >= 0.6 is 11.3 Å². The molecule has 1 aromatic heterocycles. The minimum Gasteiger partial charge on any atom is -0.388 e. The number of fused-ring (bicyclic) bond motifs is 1. The molecule has 104 valence electrons. The molecule has 1 atom stereocenters. The molecule has 2 aliphatic carbocycles. The van der Waals surface area contributed by atoms with Gasteiger partial charge in [-0.3, -0.25) is 0 Å². The summed E-state index contributed by atoms with van der Waals surface area (Å²) in [5, 5.41) is 11.4. The van der Waals surface area contributed by atoms with Crippen LogP contribution in [0.5, 0.6) is 0 Å². The van der Waals surface area contributed by atoms with Crippen molar-refractivity contribution in [2.45, 2.75) is 50.0 Å². The van der Waals surface area contributed by atoms with Gasteiger partial charge in [0.2, 0.25) is 0 Å². The van der Waals surface area contributed by atoms with E-state index in [4.69, 9.17) is 4.98 Å². The Bertz CT molecular complexity index is 615. The van der Waals surface area contributed by atoms with Crippen molar-refractivity contribution in [1.29, 1.82) is 0 Å². The van der Waals surface area contributed by atoms with Crippen LogP contribution in [0.3, 0.4) is 0 Å². The van der Waals surface area contributed by atoms with Crippen LogP contribution in [-0.4, -0.2) is 10.1 Å². The molecular weight excluding hydrogens is 266 g/mol. The van der Waals surface area contributed by atoms with Crippen molar-refractivity contribution in [1.82, 2.24) is 4.98 Å². The summed E-state index contributed by atoms with van der Waals surface area (Å²) < 4.78 is 0. The molecule has 0 amide bonds. The van der Waals surface area contributed by atoms with Crippen molar-refractivity contribution in [3.05, 3.63) is 51.5 Å². The molecule has 0 spiro atoms. The molecule has 3 heteroatoms. The molecule has 1 unspecified atom stereocenters. The lowest BCUT2D eigenvalue weighted by Crippen LogP contribution is -2.35. The van der Waals surface area contributed by atoms with E-state index in [0.29, 0.717) is 0 Å². The Balaban J connectivity index is 1.79. The smallest absolute Gasteiger partial charge is 0.104 e. The first-order chi connectivity index (χ1) is 9.79. The summed E-state index contributed by atoms with van der Waals surface area (Å²) in [7, 11) is 0. The fourth-order valence-corrected chi connectivity index (χ4v) is 4.92. The van der Waals surface area contributed by atoms with E-state index < -0.39 is 0 Å². The van der Waals surface area contributed by atoms with Gasteiger partial charge in [0.15, 0.2) is 0 Å². The number of aryl methyl sites for hydroxylation is 1. The highest BCUT2D eigenvalue weighted by molar-refractivity contribution is 7.12. The summed E-state index contributed by atoms with van der Waals surface area (Å²) in [5.74, 6) is 0. The molecule has 2 aliphatic rings. The molecule has 1 aromatic carbocycles. The topological polar surface area (TPSA) is 33.1 Å².